The SMILES string of the molecule is CC(=O)OC1=CCC(C)(C)C2=C(O)C(=O)[C@]3(C)[C@H](CC[C@@]4(C)[C@H](c5ccoc5)C[C@H]5O[C@]543)[C@@]12C. The van der Waals surface area contributed by atoms with Gasteiger partial charge in [-0.25, -0.2) is 0 Å². The van der Waals surface area contributed by atoms with Crippen LogP contribution in [0, 0.1) is 27.6 Å². The third-order valence-electron chi connectivity index (χ3n) is 10.5. The second kappa shape index (κ2) is 6.26. The molecule has 1 N–H and O–H groups in total. The molecule has 1 aromatic heterocycles. The van der Waals surface area contributed by atoms with E-state index in [2.05, 4.69) is 27.7 Å². The van der Waals surface area contributed by atoms with Crippen LogP contribution in [0.4, 0.5) is 0 Å². The van der Waals surface area contributed by atoms with Crippen LogP contribution in [0.2, 0.25) is 0 Å². The smallest absolute Gasteiger partial charge is 0.307 e. The zero-order valence-corrected chi connectivity index (χ0v) is 20.9. The summed E-state index contributed by atoms with van der Waals surface area (Å²) in [6.45, 7) is 11.8. The van der Waals surface area contributed by atoms with Crippen LogP contribution in [-0.2, 0) is 19.1 Å². The van der Waals surface area contributed by atoms with Crippen molar-refractivity contribution < 1.29 is 28.6 Å². The van der Waals surface area contributed by atoms with Gasteiger partial charge >= 0.3 is 5.97 Å². The van der Waals surface area contributed by atoms with Crippen molar-refractivity contribution in [2.75, 3.05) is 0 Å². The quantitative estimate of drug-likeness (QED) is 0.450. The van der Waals surface area contributed by atoms with Gasteiger partial charge < -0.3 is 19.0 Å². The topological polar surface area (TPSA) is 89.3 Å². The Morgan fingerprint density at radius 1 is 1.21 bits per heavy atom. The van der Waals surface area contributed by atoms with E-state index in [0.29, 0.717) is 17.8 Å². The molecule has 6 rings (SSSR count). The van der Waals surface area contributed by atoms with Crippen molar-refractivity contribution in [3.63, 3.8) is 0 Å². The second-order valence-corrected chi connectivity index (χ2v) is 12.4. The monoisotopic (exact) mass is 466 g/mol. The van der Waals surface area contributed by atoms with Crippen molar-refractivity contribution in [2.24, 2.45) is 27.6 Å². The highest BCUT2D eigenvalue weighted by atomic mass is 16.6. The Morgan fingerprint density at radius 2 is 1.94 bits per heavy atom. The predicted molar refractivity (Wildman–Crippen MR) is 124 cm³/mol. The fourth-order valence-corrected chi connectivity index (χ4v) is 9.27. The predicted octanol–water partition coefficient (Wildman–Crippen LogP) is 5.61. The van der Waals surface area contributed by atoms with Crippen LogP contribution in [0.5, 0.6) is 0 Å². The molecule has 2 saturated carbocycles. The van der Waals surface area contributed by atoms with Crippen molar-refractivity contribution in [1.82, 2.24) is 0 Å². The Hall–Kier alpha value is -2.34. The van der Waals surface area contributed by atoms with Gasteiger partial charge in [0.05, 0.1) is 29.5 Å². The minimum atomic E-state index is -0.946. The van der Waals surface area contributed by atoms with Crippen molar-refractivity contribution >= 4 is 11.8 Å². The number of epoxide rings is 1. The number of rotatable bonds is 2. The first kappa shape index (κ1) is 22.1. The van der Waals surface area contributed by atoms with Crippen molar-refractivity contribution in [3.8, 4) is 0 Å². The van der Waals surface area contributed by atoms with Crippen molar-refractivity contribution in [1.29, 1.82) is 0 Å². The molecule has 0 bridgehead atoms. The molecule has 3 fully saturated rings. The maximum absolute atomic E-state index is 14.3. The van der Waals surface area contributed by atoms with Crippen LogP contribution < -0.4 is 0 Å². The minimum absolute atomic E-state index is 0.0511. The van der Waals surface area contributed by atoms with Crippen LogP contribution >= 0.6 is 0 Å². The number of carbonyl (C=O) groups excluding carboxylic acids is 2. The van der Waals surface area contributed by atoms with E-state index in [0.717, 1.165) is 24.8 Å². The molecule has 6 nitrogen and oxygen atoms in total. The summed E-state index contributed by atoms with van der Waals surface area (Å²) in [4.78, 5) is 26.4. The lowest BCUT2D eigenvalue weighted by atomic mass is 9.39. The van der Waals surface area contributed by atoms with Gasteiger partial charge in [-0.2, -0.15) is 0 Å². The molecule has 0 radical (unpaired) electrons. The van der Waals surface area contributed by atoms with Gasteiger partial charge in [-0.15, -0.1) is 0 Å². The minimum Gasteiger partial charge on any atom is -0.504 e. The number of carbonyl (C=O) groups is 2. The summed E-state index contributed by atoms with van der Waals surface area (Å²) in [5.41, 5.74) is -1.25. The maximum atomic E-state index is 14.3. The largest absolute Gasteiger partial charge is 0.504 e. The van der Waals surface area contributed by atoms with E-state index in [1.165, 1.54) is 6.92 Å². The van der Waals surface area contributed by atoms with Gasteiger partial charge in [0, 0.05) is 12.3 Å². The Balaban J connectivity index is 1.57. The summed E-state index contributed by atoms with van der Waals surface area (Å²) in [7, 11) is 0. The van der Waals surface area contributed by atoms with Crippen molar-refractivity contribution in [2.45, 2.75) is 84.8 Å². The molecule has 182 valence electrons. The third kappa shape index (κ3) is 2.18. The number of ether oxygens (including phenoxy) is 2. The molecule has 5 aliphatic rings. The fraction of sp³-hybridized carbons (Fsp3) is 0.643. The Morgan fingerprint density at radius 3 is 2.59 bits per heavy atom. The van der Waals surface area contributed by atoms with Gasteiger partial charge in [-0.1, -0.05) is 20.8 Å². The summed E-state index contributed by atoms with van der Waals surface area (Å²) in [5.74, 6) is -0.144. The standard InChI is InChI=1S/C28H34O6/c1-15(29)33-19-8-10-24(2,3)22-21(30)23(31)27(6)18(26(19,22)5)7-11-25(4)17(16-9-12-32-14-16)13-20-28(25,27)34-20/h8-9,12,14,17-18,20,30H,7,10-11,13H2,1-6H3/t17-,18+,20+,25-,26-,27-,28+/m0/s1. The fourth-order valence-electron chi connectivity index (χ4n) is 9.27. The second-order valence-electron chi connectivity index (χ2n) is 12.4. The first-order valence-electron chi connectivity index (χ1n) is 12.4. The van der Waals surface area contributed by atoms with E-state index in [9.17, 15) is 14.7 Å². The first-order chi connectivity index (χ1) is 15.9. The molecule has 1 saturated heterocycles. The molecular formula is C28H34O6. The maximum Gasteiger partial charge on any atom is 0.307 e. The zero-order valence-electron chi connectivity index (χ0n) is 20.9. The zero-order chi connectivity index (χ0) is 24.5. The summed E-state index contributed by atoms with van der Waals surface area (Å²) < 4.78 is 17.8. The lowest BCUT2D eigenvalue weighted by Gasteiger charge is -2.63. The van der Waals surface area contributed by atoms with Gasteiger partial charge in [-0.05, 0) is 80.1 Å². The molecule has 34 heavy (non-hydrogen) atoms. The lowest BCUT2D eigenvalue weighted by molar-refractivity contribution is -0.166. The molecule has 0 unspecified atom stereocenters. The number of aliphatic hydroxyl groups is 1. The molecule has 1 aromatic rings. The number of hydrogen-bond acceptors (Lipinski definition) is 6. The number of aliphatic hydroxyl groups excluding tert-OH is 1. The van der Waals surface area contributed by atoms with Crippen LogP contribution in [0.25, 0.3) is 0 Å². The van der Waals surface area contributed by atoms with Gasteiger partial charge in [0.1, 0.15) is 11.4 Å². The van der Waals surface area contributed by atoms with Crippen LogP contribution in [0.1, 0.15) is 78.7 Å². The van der Waals surface area contributed by atoms with Crippen LogP contribution in [0.3, 0.4) is 0 Å². The Bertz CT molecular complexity index is 1170. The van der Waals surface area contributed by atoms with E-state index < -0.39 is 21.8 Å². The number of allylic oxidation sites excluding steroid dienone is 3. The summed E-state index contributed by atoms with van der Waals surface area (Å²) >= 11 is 0. The molecule has 0 amide bonds. The van der Waals surface area contributed by atoms with E-state index in [1.807, 2.05) is 25.3 Å². The summed E-state index contributed by atoms with van der Waals surface area (Å²) in [5, 5.41) is 11.6. The number of hydrogen-bond donors (Lipinski definition) is 1. The van der Waals surface area contributed by atoms with E-state index in [-0.39, 0.29) is 40.9 Å². The van der Waals surface area contributed by atoms with E-state index in [4.69, 9.17) is 13.9 Å². The average molecular weight is 467 g/mol. The van der Waals surface area contributed by atoms with E-state index >= 15 is 0 Å². The molecule has 0 aromatic carbocycles. The Kier molecular flexibility index (Phi) is 4.07. The number of ketones is 1. The summed E-state index contributed by atoms with van der Waals surface area (Å²) in [6.07, 6.45) is 8.53. The molecule has 2 heterocycles. The van der Waals surface area contributed by atoms with Crippen LogP contribution in [0.15, 0.2) is 46.2 Å². The molecule has 7 atom stereocenters. The first-order valence-corrected chi connectivity index (χ1v) is 12.4. The molecule has 1 aliphatic heterocycles. The highest BCUT2D eigenvalue weighted by molar-refractivity contribution is 6.02. The van der Waals surface area contributed by atoms with Gasteiger partial charge in [0.2, 0.25) is 5.78 Å². The molecule has 6 heteroatoms. The number of Topliss-reactive ketones (excluding diaryl/α,β-unsaturated/α-hetero) is 1. The lowest BCUT2D eigenvalue weighted by Crippen LogP contribution is -2.67. The average Bonchev–Trinajstić information content (AvgIpc) is 3.11. The van der Waals surface area contributed by atoms with Gasteiger partial charge in [0.25, 0.3) is 0 Å². The molecule has 4 aliphatic carbocycles. The molecular weight excluding hydrogens is 432 g/mol. The molecule has 1 spiro atoms. The number of fused-ring (bicyclic) bond motifs is 3. The van der Waals surface area contributed by atoms with Crippen LogP contribution in [-0.4, -0.2) is 28.6 Å². The normalized spacial score (nSPS) is 46.1. The van der Waals surface area contributed by atoms with Crippen molar-refractivity contribution in [3.05, 3.63) is 47.3 Å². The number of furan rings is 1. The van der Waals surface area contributed by atoms with Gasteiger partial charge in [-0.3, -0.25) is 9.59 Å². The Labute approximate surface area is 200 Å². The van der Waals surface area contributed by atoms with Gasteiger partial charge in [0.15, 0.2) is 5.76 Å². The number of esters is 1. The summed E-state index contributed by atoms with van der Waals surface area (Å²) in [6, 6.07) is 2.02. The highest BCUT2D eigenvalue weighted by Gasteiger charge is 2.87. The van der Waals surface area contributed by atoms with E-state index in [1.54, 1.807) is 6.26 Å². The highest BCUT2D eigenvalue weighted by Crippen LogP contribution is 2.81. The third-order valence-corrected chi connectivity index (χ3v) is 10.5.